The van der Waals surface area contributed by atoms with Gasteiger partial charge in [0.25, 0.3) is 17.4 Å². The van der Waals surface area contributed by atoms with Crippen molar-refractivity contribution in [2.75, 3.05) is 18.9 Å². The molecule has 0 bridgehead atoms. The van der Waals surface area contributed by atoms with Crippen LogP contribution in [0.15, 0.2) is 29.6 Å². The number of hydrogen-bond donors (Lipinski definition) is 4. The van der Waals surface area contributed by atoms with Crippen molar-refractivity contribution in [2.24, 2.45) is 13.0 Å². The van der Waals surface area contributed by atoms with Gasteiger partial charge < -0.3 is 30.4 Å². The number of carbonyl (C=O) groups is 5. The van der Waals surface area contributed by atoms with Crippen LogP contribution in [0.4, 0.5) is 18.9 Å². The Bertz CT molecular complexity index is 1360. The number of alkyl halides is 3. The summed E-state index contributed by atoms with van der Waals surface area (Å²) >= 11 is 0. The molecule has 42 heavy (non-hydrogen) atoms. The number of likely N-dealkylation sites (N-methyl/N-ethyl adjacent to an activating group) is 1. The highest BCUT2D eigenvalue weighted by atomic mass is 19.4. The van der Waals surface area contributed by atoms with Gasteiger partial charge >= 0.3 is 6.18 Å². The first kappa shape index (κ1) is 33.7. The summed E-state index contributed by atoms with van der Waals surface area (Å²) in [5.74, 6) is -4.35. The van der Waals surface area contributed by atoms with E-state index in [1.807, 2.05) is 13.8 Å². The quantitative estimate of drug-likeness (QED) is 0.235. The summed E-state index contributed by atoms with van der Waals surface area (Å²) in [7, 11) is 2.72. The maximum absolute atomic E-state index is 13.7. The predicted octanol–water partition coefficient (Wildman–Crippen LogP) is 0.985. The second kappa shape index (κ2) is 14.9. The third-order valence-electron chi connectivity index (χ3n) is 6.54. The Balaban J connectivity index is 2.37. The Hall–Kier alpha value is -4.50. The van der Waals surface area contributed by atoms with Gasteiger partial charge in [-0.15, -0.1) is 0 Å². The van der Waals surface area contributed by atoms with E-state index in [4.69, 9.17) is 0 Å². The first-order valence-corrected chi connectivity index (χ1v) is 13.1. The number of Topliss-reactive ketones (excluding diaryl/α,β-unsaturated/α-hetero) is 1. The summed E-state index contributed by atoms with van der Waals surface area (Å²) < 4.78 is 42.9. The summed E-state index contributed by atoms with van der Waals surface area (Å²) in [5, 5.41) is 9.15. The number of hydrogen-bond acceptors (Lipinski definition) is 7. The van der Waals surface area contributed by atoms with Gasteiger partial charge in [0, 0.05) is 33.3 Å². The molecule has 2 aromatic rings. The van der Waals surface area contributed by atoms with Gasteiger partial charge in [0.15, 0.2) is 0 Å². The Labute approximate surface area is 239 Å². The Morgan fingerprint density at radius 1 is 1.10 bits per heavy atom. The molecule has 0 saturated carbocycles. The Morgan fingerprint density at radius 2 is 1.76 bits per heavy atom. The Kier molecular flexibility index (Phi) is 12.0. The summed E-state index contributed by atoms with van der Waals surface area (Å²) in [6, 6.07) is -1.14. The normalized spacial score (nSPS) is 12.0. The molecule has 0 aliphatic heterocycles. The second-order valence-electron chi connectivity index (χ2n) is 9.51. The minimum atomic E-state index is -4.94. The minimum Gasteiger partial charge on any atom is -0.354 e. The molecule has 0 aliphatic carbocycles. The third-order valence-corrected chi connectivity index (χ3v) is 6.54. The molecule has 0 aromatic carbocycles. The van der Waals surface area contributed by atoms with Crippen LogP contribution in [-0.2, 0) is 38.9 Å². The second-order valence-corrected chi connectivity index (χ2v) is 9.51. The van der Waals surface area contributed by atoms with E-state index in [0.717, 1.165) is 12.8 Å². The molecule has 0 fully saturated rings. The average molecular weight is 598 g/mol. The van der Waals surface area contributed by atoms with E-state index in [9.17, 15) is 41.9 Å². The van der Waals surface area contributed by atoms with Gasteiger partial charge in [-0.1, -0.05) is 26.7 Å². The molecular weight excluding hydrogens is 563 g/mol. The van der Waals surface area contributed by atoms with Crippen LogP contribution in [-0.4, -0.2) is 63.2 Å². The van der Waals surface area contributed by atoms with Gasteiger partial charge in [-0.05, 0) is 18.4 Å². The molecule has 4 N–H and O–H groups in total. The number of imidazole rings is 1. The molecule has 4 amide bonds. The maximum Gasteiger partial charge on any atom is 0.417 e. The number of halogens is 3. The number of pyridine rings is 1. The van der Waals surface area contributed by atoms with E-state index >= 15 is 0 Å². The number of carbonyl (C=O) groups excluding carboxylic acids is 5. The minimum absolute atomic E-state index is 0.0197. The number of nitrogens with zero attached hydrogens (tertiary/aromatic N) is 3. The highest BCUT2D eigenvalue weighted by molar-refractivity contribution is 6.36. The van der Waals surface area contributed by atoms with Gasteiger partial charge in [0.2, 0.25) is 17.6 Å². The molecule has 1 atom stereocenters. The summed E-state index contributed by atoms with van der Waals surface area (Å²) in [6.45, 7) is 3.38. The number of aryl methyl sites for hydroxylation is 1. The topological polar surface area (TPSA) is 173 Å². The molecule has 0 saturated heterocycles. The molecule has 1 unspecified atom stereocenters. The number of anilines is 1. The zero-order valence-corrected chi connectivity index (χ0v) is 23.6. The maximum atomic E-state index is 13.7. The van der Waals surface area contributed by atoms with Crippen LogP contribution < -0.4 is 26.8 Å². The van der Waals surface area contributed by atoms with Crippen LogP contribution >= 0.6 is 0 Å². The van der Waals surface area contributed by atoms with Crippen molar-refractivity contribution in [1.82, 2.24) is 30.1 Å². The lowest BCUT2D eigenvalue weighted by atomic mass is 10.0. The van der Waals surface area contributed by atoms with E-state index in [1.54, 1.807) is 0 Å². The molecule has 0 spiro atoms. The highest BCUT2D eigenvalue weighted by Gasteiger charge is 2.33. The van der Waals surface area contributed by atoms with Crippen molar-refractivity contribution in [2.45, 2.75) is 58.3 Å². The summed E-state index contributed by atoms with van der Waals surface area (Å²) in [4.78, 5) is 78.8. The van der Waals surface area contributed by atoms with Crippen molar-refractivity contribution in [3.8, 4) is 0 Å². The fourth-order valence-electron chi connectivity index (χ4n) is 3.87. The number of aromatic nitrogens is 3. The molecular formula is C26H34F3N7O6. The largest absolute Gasteiger partial charge is 0.417 e. The zero-order chi connectivity index (χ0) is 31.6. The van der Waals surface area contributed by atoms with Crippen molar-refractivity contribution in [3.63, 3.8) is 0 Å². The third kappa shape index (κ3) is 9.27. The van der Waals surface area contributed by atoms with E-state index in [1.165, 1.54) is 31.2 Å². The fourth-order valence-corrected chi connectivity index (χ4v) is 3.87. The van der Waals surface area contributed by atoms with E-state index in [-0.39, 0.29) is 18.2 Å². The fraction of sp³-hybridized carbons (Fsp3) is 0.500. The lowest BCUT2D eigenvalue weighted by Crippen LogP contribution is -2.46. The lowest BCUT2D eigenvalue weighted by molar-refractivity contribution is -0.138. The van der Waals surface area contributed by atoms with Gasteiger partial charge in [0.05, 0.1) is 18.1 Å². The van der Waals surface area contributed by atoms with Crippen molar-refractivity contribution in [1.29, 1.82) is 0 Å². The van der Waals surface area contributed by atoms with Crippen LogP contribution in [0.25, 0.3) is 0 Å². The molecule has 0 radical (unpaired) electrons. The van der Waals surface area contributed by atoms with Crippen LogP contribution in [0.2, 0.25) is 0 Å². The van der Waals surface area contributed by atoms with Gasteiger partial charge in [-0.2, -0.15) is 13.2 Å². The van der Waals surface area contributed by atoms with Gasteiger partial charge in [-0.25, -0.2) is 4.98 Å². The average Bonchev–Trinajstić information content (AvgIpc) is 3.37. The van der Waals surface area contributed by atoms with Crippen LogP contribution in [0, 0.1) is 5.92 Å². The monoisotopic (exact) mass is 597 g/mol. The summed E-state index contributed by atoms with van der Waals surface area (Å²) in [5.41, 5.74) is -3.20. The van der Waals surface area contributed by atoms with E-state index < -0.39 is 77.8 Å². The molecule has 16 heteroatoms. The molecule has 2 rings (SSSR count). The first-order chi connectivity index (χ1) is 19.7. The van der Waals surface area contributed by atoms with Crippen LogP contribution in [0.3, 0.4) is 0 Å². The zero-order valence-electron chi connectivity index (χ0n) is 23.6. The van der Waals surface area contributed by atoms with E-state index in [0.29, 0.717) is 16.8 Å². The Morgan fingerprint density at radius 3 is 2.31 bits per heavy atom. The van der Waals surface area contributed by atoms with E-state index in [2.05, 4.69) is 26.3 Å². The number of nitrogens with one attached hydrogen (secondary N) is 4. The molecule has 0 aliphatic rings. The predicted molar refractivity (Wildman–Crippen MR) is 144 cm³/mol. The van der Waals surface area contributed by atoms with Gasteiger partial charge in [-0.3, -0.25) is 28.8 Å². The molecule has 230 valence electrons. The number of amides is 4. The number of rotatable bonds is 14. The molecule has 13 nitrogen and oxygen atoms in total. The SMILES string of the molecule is CCC(CC)CNC(=O)Cn1cc(C(F)(F)F)cc(NC(=O)C(CCC(=O)C(=O)NC)NC(=O)c2cncn2C)c1=O. The molecule has 2 heterocycles. The molecule has 2 aromatic heterocycles. The van der Waals surface area contributed by atoms with Crippen molar-refractivity contribution in [3.05, 3.63) is 46.4 Å². The summed E-state index contributed by atoms with van der Waals surface area (Å²) in [6.07, 6.45) is -1.36. The van der Waals surface area contributed by atoms with Crippen LogP contribution in [0.1, 0.15) is 55.6 Å². The smallest absolute Gasteiger partial charge is 0.354 e. The van der Waals surface area contributed by atoms with Gasteiger partial charge in [0.1, 0.15) is 24.0 Å². The first-order valence-electron chi connectivity index (χ1n) is 13.1. The standard InChI is InChI=1S/C26H34F3N7O6/c1-5-15(6-2)10-32-21(38)13-36-12-16(26(27,28)29)9-18(25(36)42)34-22(39)17(7-8-20(37)24(41)30-3)33-23(40)19-11-31-14-35(19)4/h9,11-12,14-15,17H,5-8,10,13H2,1-4H3,(H,30,41)(H,32,38)(H,33,40)(H,34,39). The number of ketones is 1. The van der Waals surface area contributed by atoms with Crippen molar-refractivity contribution < 1.29 is 37.1 Å². The van der Waals surface area contributed by atoms with Crippen LogP contribution in [0.5, 0.6) is 0 Å². The van der Waals surface area contributed by atoms with Crippen molar-refractivity contribution >= 4 is 35.1 Å². The highest BCUT2D eigenvalue weighted by Crippen LogP contribution is 2.29. The lowest BCUT2D eigenvalue weighted by Gasteiger charge is -2.19.